The van der Waals surface area contributed by atoms with Gasteiger partial charge in [-0.1, -0.05) is 25.5 Å². The Kier molecular flexibility index (Phi) is 3.92. The predicted molar refractivity (Wildman–Crippen MR) is 73.4 cm³/mol. The van der Waals surface area contributed by atoms with Gasteiger partial charge in [0.1, 0.15) is 0 Å². The van der Waals surface area contributed by atoms with Crippen molar-refractivity contribution in [2.45, 2.75) is 38.0 Å². The molecule has 0 aliphatic heterocycles. The number of hydrogen-bond donors (Lipinski definition) is 2. The molecule has 0 aromatic heterocycles. The fourth-order valence-electron chi connectivity index (χ4n) is 2.26. The van der Waals surface area contributed by atoms with Gasteiger partial charge in [-0.15, -0.1) is 0 Å². The van der Waals surface area contributed by atoms with Gasteiger partial charge in [0.25, 0.3) is 0 Å². The minimum Gasteiger partial charge on any atom is -0.399 e. The second-order valence-corrected chi connectivity index (χ2v) is 6.77. The third-order valence-electron chi connectivity index (χ3n) is 3.22. The molecule has 4 nitrogen and oxygen atoms in total. The molecule has 0 bridgehead atoms. The topological polar surface area (TPSA) is 72.2 Å². The van der Waals surface area contributed by atoms with E-state index < -0.39 is 10.0 Å². The third kappa shape index (κ3) is 3.71. The summed E-state index contributed by atoms with van der Waals surface area (Å²) in [6.45, 7) is 2.12. The molecule has 3 N–H and O–H groups in total. The first-order valence-corrected chi connectivity index (χ1v) is 8.00. The van der Waals surface area contributed by atoms with E-state index in [1.165, 1.54) is 0 Å². The van der Waals surface area contributed by atoms with Crippen LogP contribution in [0.3, 0.4) is 0 Å². The number of hydrogen-bond acceptors (Lipinski definition) is 3. The second-order valence-electron chi connectivity index (χ2n) is 5.01. The fraction of sp³-hybridized carbons (Fsp3) is 0.538. The van der Waals surface area contributed by atoms with Gasteiger partial charge >= 0.3 is 0 Å². The van der Waals surface area contributed by atoms with Crippen LogP contribution in [0.25, 0.3) is 0 Å². The molecular formula is C13H20N2O2S. The van der Waals surface area contributed by atoms with Crippen molar-refractivity contribution in [2.24, 2.45) is 5.92 Å². The van der Waals surface area contributed by atoms with E-state index in [0.717, 1.165) is 24.8 Å². The highest BCUT2D eigenvalue weighted by Gasteiger charge is 2.38. The molecule has 0 amide bonds. The Balaban J connectivity index is 1.92. The monoisotopic (exact) mass is 268 g/mol. The van der Waals surface area contributed by atoms with E-state index in [1.54, 1.807) is 24.3 Å². The molecule has 1 saturated carbocycles. The first-order chi connectivity index (χ1) is 8.50. The van der Waals surface area contributed by atoms with E-state index in [2.05, 4.69) is 11.6 Å². The number of nitrogens with two attached hydrogens (primary N) is 1. The Hall–Kier alpha value is -1.07. The summed E-state index contributed by atoms with van der Waals surface area (Å²) in [6, 6.07) is 7.16. The Labute approximate surface area is 109 Å². The van der Waals surface area contributed by atoms with Gasteiger partial charge in [0.15, 0.2) is 0 Å². The summed E-state index contributed by atoms with van der Waals surface area (Å²) < 4.78 is 26.7. The average molecular weight is 268 g/mol. The number of sulfonamides is 1. The summed E-state index contributed by atoms with van der Waals surface area (Å²) in [7, 11) is -3.24. The maximum atomic E-state index is 12.0. The van der Waals surface area contributed by atoms with Gasteiger partial charge in [0.2, 0.25) is 10.0 Å². The van der Waals surface area contributed by atoms with Crippen molar-refractivity contribution < 1.29 is 8.42 Å². The number of rotatable bonds is 6. The maximum absolute atomic E-state index is 12.0. The van der Waals surface area contributed by atoms with Crippen LogP contribution in [-0.2, 0) is 15.8 Å². The fourth-order valence-corrected chi connectivity index (χ4v) is 3.71. The van der Waals surface area contributed by atoms with Gasteiger partial charge in [-0.3, -0.25) is 0 Å². The summed E-state index contributed by atoms with van der Waals surface area (Å²) in [5.74, 6) is 0.540. The normalized spacial score (nSPS) is 22.9. The molecule has 5 heteroatoms. The smallest absolute Gasteiger partial charge is 0.216 e. The largest absolute Gasteiger partial charge is 0.399 e. The van der Waals surface area contributed by atoms with Crippen molar-refractivity contribution in [1.82, 2.24) is 4.72 Å². The van der Waals surface area contributed by atoms with Gasteiger partial charge in [0, 0.05) is 11.7 Å². The molecular weight excluding hydrogens is 248 g/mol. The molecule has 2 atom stereocenters. The highest BCUT2D eigenvalue weighted by atomic mass is 32.2. The van der Waals surface area contributed by atoms with Gasteiger partial charge < -0.3 is 5.73 Å². The Morgan fingerprint density at radius 2 is 2.22 bits per heavy atom. The zero-order valence-electron chi connectivity index (χ0n) is 10.6. The van der Waals surface area contributed by atoms with Crippen LogP contribution in [0.15, 0.2) is 24.3 Å². The molecule has 1 aromatic carbocycles. The highest BCUT2D eigenvalue weighted by molar-refractivity contribution is 7.88. The number of nitrogens with one attached hydrogen (secondary N) is 1. The van der Waals surface area contributed by atoms with Gasteiger partial charge in [0.05, 0.1) is 5.75 Å². The molecule has 1 aromatic rings. The summed E-state index contributed by atoms with van der Waals surface area (Å²) in [5, 5.41) is 0. The van der Waals surface area contributed by atoms with Crippen molar-refractivity contribution in [3.05, 3.63) is 29.8 Å². The van der Waals surface area contributed by atoms with Crippen molar-refractivity contribution >= 4 is 15.7 Å². The lowest BCUT2D eigenvalue weighted by Crippen LogP contribution is -2.28. The zero-order chi connectivity index (χ0) is 13.2. The third-order valence-corrected chi connectivity index (χ3v) is 4.60. The Bertz CT molecular complexity index is 513. The minimum absolute atomic E-state index is 0.00733. The van der Waals surface area contributed by atoms with E-state index in [4.69, 9.17) is 5.73 Å². The van der Waals surface area contributed by atoms with Crippen molar-refractivity contribution in [3.63, 3.8) is 0 Å². The van der Waals surface area contributed by atoms with Crippen LogP contribution in [0.5, 0.6) is 0 Å². The quantitative estimate of drug-likeness (QED) is 0.774. The molecule has 0 spiro atoms. The van der Waals surface area contributed by atoms with Gasteiger partial charge in [-0.25, -0.2) is 13.1 Å². The van der Waals surface area contributed by atoms with Crippen LogP contribution in [0.1, 0.15) is 31.7 Å². The maximum Gasteiger partial charge on any atom is 0.216 e. The van der Waals surface area contributed by atoms with Crippen LogP contribution >= 0.6 is 0 Å². The molecule has 100 valence electrons. The summed E-state index contributed by atoms with van der Waals surface area (Å²) in [6.07, 6.45) is 3.19. The molecule has 2 rings (SSSR count). The SMILES string of the molecule is CCCC1CC1NS(=O)(=O)Cc1cccc(N)c1. The van der Waals surface area contributed by atoms with E-state index in [1.807, 2.05) is 0 Å². The molecule has 0 heterocycles. The summed E-state index contributed by atoms with van der Waals surface area (Å²) >= 11 is 0. The highest BCUT2D eigenvalue weighted by Crippen LogP contribution is 2.35. The first kappa shape index (κ1) is 13.4. The second kappa shape index (κ2) is 5.28. The van der Waals surface area contributed by atoms with Crippen LogP contribution in [0.4, 0.5) is 5.69 Å². The van der Waals surface area contributed by atoms with Crippen LogP contribution in [0.2, 0.25) is 0 Å². The average Bonchev–Trinajstić information content (AvgIpc) is 2.94. The lowest BCUT2D eigenvalue weighted by Gasteiger charge is -2.07. The summed E-state index contributed by atoms with van der Waals surface area (Å²) in [4.78, 5) is 0. The standard InChI is InChI=1S/C13H20N2O2S/c1-2-4-11-8-13(11)15-18(16,17)9-10-5-3-6-12(14)7-10/h3,5-7,11,13,15H,2,4,8-9,14H2,1H3. The van der Waals surface area contributed by atoms with E-state index >= 15 is 0 Å². The van der Waals surface area contributed by atoms with E-state index in [9.17, 15) is 8.42 Å². The number of nitrogen functional groups attached to an aromatic ring is 1. The van der Waals surface area contributed by atoms with E-state index in [0.29, 0.717) is 11.6 Å². The van der Waals surface area contributed by atoms with Crippen molar-refractivity contribution in [1.29, 1.82) is 0 Å². The molecule has 1 fully saturated rings. The Morgan fingerprint density at radius 3 is 2.89 bits per heavy atom. The van der Waals surface area contributed by atoms with Crippen molar-refractivity contribution in [2.75, 3.05) is 5.73 Å². The predicted octanol–water partition coefficient (Wildman–Crippen LogP) is 1.88. The van der Waals surface area contributed by atoms with Crippen LogP contribution in [-0.4, -0.2) is 14.5 Å². The molecule has 0 radical (unpaired) electrons. The number of anilines is 1. The van der Waals surface area contributed by atoms with Gasteiger partial charge in [-0.05, 0) is 36.5 Å². The van der Waals surface area contributed by atoms with Crippen LogP contribution in [0, 0.1) is 5.92 Å². The minimum atomic E-state index is -3.24. The van der Waals surface area contributed by atoms with Crippen molar-refractivity contribution in [3.8, 4) is 0 Å². The zero-order valence-corrected chi connectivity index (χ0v) is 11.4. The molecule has 2 unspecified atom stereocenters. The molecule has 1 aliphatic rings. The molecule has 18 heavy (non-hydrogen) atoms. The summed E-state index contributed by atoms with van der Waals surface area (Å²) in [5.41, 5.74) is 6.96. The molecule has 1 aliphatic carbocycles. The first-order valence-electron chi connectivity index (χ1n) is 6.34. The molecule has 0 saturated heterocycles. The lowest BCUT2D eigenvalue weighted by molar-refractivity contribution is 0.572. The van der Waals surface area contributed by atoms with E-state index in [-0.39, 0.29) is 11.8 Å². The van der Waals surface area contributed by atoms with Gasteiger partial charge in [-0.2, -0.15) is 0 Å². The lowest BCUT2D eigenvalue weighted by atomic mass is 10.2. The van der Waals surface area contributed by atoms with Crippen LogP contribution < -0.4 is 10.5 Å². The number of benzene rings is 1. The Morgan fingerprint density at radius 1 is 1.44 bits per heavy atom.